The van der Waals surface area contributed by atoms with Crippen LogP contribution in [-0.2, 0) is 30.6 Å². The molecular weight excluding hydrogens is 360 g/mol. The number of carboxylic acids is 1. The fraction of sp³-hybridized carbons (Fsp3) is 0.471. The van der Waals surface area contributed by atoms with Crippen molar-refractivity contribution >= 4 is 33.3 Å². The van der Waals surface area contributed by atoms with Gasteiger partial charge in [-0.05, 0) is 30.5 Å². The van der Waals surface area contributed by atoms with Gasteiger partial charge in [0, 0.05) is 5.69 Å². The first-order valence-corrected chi connectivity index (χ1v) is 10.1. The van der Waals surface area contributed by atoms with Crippen molar-refractivity contribution in [1.82, 2.24) is 5.32 Å². The SMILES string of the molecule is O=C(O)CNC(=O)Cc1ccc(NC(=O)CS(=O)(=O)C2CCCC2)cc1. The molecule has 9 heteroatoms. The Morgan fingerprint density at radius 3 is 2.23 bits per heavy atom. The van der Waals surface area contributed by atoms with Crippen molar-refractivity contribution in [3.8, 4) is 0 Å². The van der Waals surface area contributed by atoms with Crippen LogP contribution in [0.4, 0.5) is 5.69 Å². The number of rotatable bonds is 8. The van der Waals surface area contributed by atoms with Gasteiger partial charge in [0.15, 0.2) is 9.84 Å². The predicted octanol–water partition coefficient (Wildman–Crippen LogP) is 0.726. The maximum Gasteiger partial charge on any atom is 0.322 e. The molecule has 0 atom stereocenters. The summed E-state index contributed by atoms with van der Waals surface area (Å²) in [5, 5.41) is 12.9. The van der Waals surface area contributed by atoms with E-state index in [0.717, 1.165) is 12.8 Å². The van der Waals surface area contributed by atoms with Gasteiger partial charge in [0.25, 0.3) is 0 Å². The molecule has 8 nitrogen and oxygen atoms in total. The summed E-state index contributed by atoms with van der Waals surface area (Å²) in [6, 6.07) is 6.36. The Hall–Kier alpha value is -2.42. The van der Waals surface area contributed by atoms with Gasteiger partial charge in [-0.15, -0.1) is 0 Å². The number of aliphatic carboxylic acids is 1. The second kappa shape index (κ2) is 8.79. The van der Waals surface area contributed by atoms with Gasteiger partial charge in [0.05, 0.1) is 11.7 Å². The monoisotopic (exact) mass is 382 g/mol. The molecule has 1 aliphatic rings. The summed E-state index contributed by atoms with van der Waals surface area (Å²) in [5.74, 6) is -2.66. The van der Waals surface area contributed by atoms with Crippen molar-refractivity contribution in [3.05, 3.63) is 29.8 Å². The van der Waals surface area contributed by atoms with Crippen molar-refractivity contribution < 1.29 is 27.9 Å². The molecule has 3 N–H and O–H groups in total. The van der Waals surface area contributed by atoms with Crippen LogP contribution < -0.4 is 10.6 Å². The first-order chi connectivity index (χ1) is 12.3. The Morgan fingerprint density at radius 2 is 1.65 bits per heavy atom. The zero-order valence-electron chi connectivity index (χ0n) is 14.2. The highest BCUT2D eigenvalue weighted by molar-refractivity contribution is 7.92. The fourth-order valence-electron chi connectivity index (χ4n) is 2.87. The molecule has 26 heavy (non-hydrogen) atoms. The number of benzene rings is 1. The molecule has 1 fully saturated rings. The van der Waals surface area contributed by atoms with Crippen molar-refractivity contribution in [1.29, 1.82) is 0 Å². The molecule has 2 amide bonds. The number of nitrogens with one attached hydrogen (secondary N) is 2. The zero-order chi connectivity index (χ0) is 19.2. The van der Waals surface area contributed by atoms with Crippen LogP contribution in [0.3, 0.4) is 0 Å². The second-order valence-corrected chi connectivity index (χ2v) is 8.59. The Kier molecular flexibility index (Phi) is 6.73. The van der Waals surface area contributed by atoms with E-state index < -0.39 is 45.2 Å². The molecule has 0 saturated heterocycles. The van der Waals surface area contributed by atoms with Crippen LogP contribution >= 0.6 is 0 Å². The molecular formula is C17H22N2O6S. The van der Waals surface area contributed by atoms with Crippen molar-refractivity contribution in [2.24, 2.45) is 0 Å². The molecule has 0 aliphatic heterocycles. The summed E-state index contributed by atoms with van der Waals surface area (Å²) in [7, 11) is -3.43. The summed E-state index contributed by atoms with van der Waals surface area (Å²) in [4.78, 5) is 33.9. The first kappa shape index (κ1) is 19.9. The lowest BCUT2D eigenvalue weighted by Gasteiger charge is -2.11. The highest BCUT2D eigenvalue weighted by atomic mass is 32.2. The number of sulfone groups is 1. The lowest BCUT2D eigenvalue weighted by molar-refractivity contribution is -0.137. The Bertz CT molecular complexity index is 767. The van der Waals surface area contributed by atoms with E-state index in [2.05, 4.69) is 10.6 Å². The Labute approximate surface area is 151 Å². The van der Waals surface area contributed by atoms with Crippen LogP contribution in [0.15, 0.2) is 24.3 Å². The third-order valence-corrected chi connectivity index (χ3v) is 6.33. The number of anilines is 1. The molecule has 2 rings (SSSR count). The maximum absolute atomic E-state index is 12.2. The van der Waals surface area contributed by atoms with Crippen molar-refractivity contribution in [2.45, 2.75) is 37.4 Å². The summed E-state index contributed by atoms with van der Waals surface area (Å²) in [6.45, 7) is -0.442. The van der Waals surface area contributed by atoms with Gasteiger partial charge >= 0.3 is 5.97 Å². The highest BCUT2D eigenvalue weighted by Gasteiger charge is 2.30. The average Bonchev–Trinajstić information content (AvgIpc) is 3.10. The number of hydrogen-bond donors (Lipinski definition) is 3. The number of carbonyl (C=O) groups excluding carboxylic acids is 2. The third-order valence-electron chi connectivity index (χ3n) is 4.18. The lowest BCUT2D eigenvalue weighted by Crippen LogP contribution is -2.30. The van der Waals surface area contributed by atoms with E-state index in [-0.39, 0.29) is 6.42 Å². The van der Waals surface area contributed by atoms with Crippen LogP contribution in [0.1, 0.15) is 31.2 Å². The Balaban J connectivity index is 1.85. The van der Waals surface area contributed by atoms with Crippen LogP contribution in [0.25, 0.3) is 0 Å². The third kappa shape index (κ3) is 6.14. The number of carbonyl (C=O) groups is 3. The minimum atomic E-state index is -3.43. The average molecular weight is 382 g/mol. The molecule has 1 aliphatic carbocycles. The predicted molar refractivity (Wildman–Crippen MR) is 95.5 cm³/mol. The van der Waals surface area contributed by atoms with E-state index in [1.54, 1.807) is 24.3 Å². The molecule has 1 aromatic rings. The van der Waals surface area contributed by atoms with E-state index in [1.807, 2.05) is 0 Å². The quantitative estimate of drug-likeness (QED) is 0.608. The van der Waals surface area contributed by atoms with Crippen molar-refractivity contribution in [3.63, 3.8) is 0 Å². The number of amides is 2. The van der Waals surface area contributed by atoms with E-state index >= 15 is 0 Å². The molecule has 0 aromatic heterocycles. The van der Waals surface area contributed by atoms with E-state index in [9.17, 15) is 22.8 Å². The van der Waals surface area contributed by atoms with Gasteiger partial charge < -0.3 is 15.7 Å². The standard InChI is InChI=1S/C17H22N2O6S/c20-15(18-10-17(22)23)9-12-5-7-13(8-6-12)19-16(21)11-26(24,25)14-3-1-2-4-14/h5-8,14H,1-4,9-11H2,(H,18,20)(H,19,21)(H,22,23). The summed E-state index contributed by atoms with van der Waals surface area (Å²) in [6.07, 6.45) is 3.01. The molecule has 142 valence electrons. The molecule has 0 unspecified atom stereocenters. The largest absolute Gasteiger partial charge is 0.480 e. The maximum atomic E-state index is 12.2. The van der Waals surface area contributed by atoms with Crippen LogP contribution in [0.5, 0.6) is 0 Å². The lowest BCUT2D eigenvalue weighted by atomic mass is 10.1. The van der Waals surface area contributed by atoms with Gasteiger partial charge in [-0.1, -0.05) is 25.0 Å². The number of carboxylic acid groups (broad SMARTS) is 1. The van der Waals surface area contributed by atoms with E-state index in [0.29, 0.717) is 24.1 Å². The molecule has 1 aromatic carbocycles. The van der Waals surface area contributed by atoms with Crippen molar-refractivity contribution in [2.75, 3.05) is 17.6 Å². The molecule has 1 saturated carbocycles. The van der Waals surface area contributed by atoms with Crippen LogP contribution in [0.2, 0.25) is 0 Å². The van der Waals surface area contributed by atoms with E-state index in [4.69, 9.17) is 5.11 Å². The molecule has 0 spiro atoms. The summed E-state index contributed by atoms with van der Waals surface area (Å²) in [5.41, 5.74) is 1.08. The minimum absolute atomic E-state index is 0.0115. The van der Waals surface area contributed by atoms with Gasteiger partial charge in [-0.25, -0.2) is 8.42 Å². The molecule has 0 radical (unpaired) electrons. The highest BCUT2D eigenvalue weighted by Crippen LogP contribution is 2.25. The van der Waals surface area contributed by atoms with Gasteiger partial charge in [-0.3, -0.25) is 14.4 Å². The van der Waals surface area contributed by atoms with Gasteiger partial charge in [0.2, 0.25) is 11.8 Å². The molecule has 0 bridgehead atoms. The summed E-state index contributed by atoms with van der Waals surface area (Å²) < 4.78 is 24.3. The normalized spacial score (nSPS) is 14.8. The van der Waals surface area contributed by atoms with E-state index in [1.165, 1.54) is 0 Å². The van der Waals surface area contributed by atoms with Crippen LogP contribution in [-0.4, -0.2) is 48.9 Å². The first-order valence-electron chi connectivity index (χ1n) is 8.35. The topological polar surface area (TPSA) is 130 Å². The summed E-state index contributed by atoms with van der Waals surface area (Å²) >= 11 is 0. The van der Waals surface area contributed by atoms with Crippen LogP contribution in [0, 0.1) is 0 Å². The smallest absolute Gasteiger partial charge is 0.322 e. The Morgan fingerprint density at radius 1 is 1.04 bits per heavy atom. The van der Waals surface area contributed by atoms with Gasteiger partial charge in [0.1, 0.15) is 12.3 Å². The number of hydrogen-bond acceptors (Lipinski definition) is 5. The minimum Gasteiger partial charge on any atom is -0.480 e. The zero-order valence-corrected chi connectivity index (χ0v) is 15.0. The molecule has 0 heterocycles. The fourth-order valence-corrected chi connectivity index (χ4v) is 4.60. The van der Waals surface area contributed by atoms with Gasteiger partial charge in [-0.2, -0.15) is 0 Å². The second-order valence-electron chi connectivity index (χ2n) is 6.31.